The zero-order valence-corrected chi connectivity index (χ0v) is 12.8. The smallest absolute Gasteiger partial charge is 0.246 e. The second kappa shape index (κ2) is 6.60. The monoisotopic (exact) mass is 341 g/mol. The molecule has 1 aliphatic heterocycles. The number of hydrogen-bond donors (Lipinski definition) is 0. The van der Waals surface area contributed by atoms with Crippen molar-refractivity contribution >= 4 is 5.91 Å². The number of halogens is 3. The van der Waals surface area contributed by atoms with E-state index >= 15 is 0 Å². The van der Waals surface area contributed by atoms with E-state index in [1.165, 1.54) is 4.90 Å². The Morgan fingerprint density at radius 2 is 2.00 bits per heavy atom. The Kier molecular flexibility index (Phi) is 4.52. The van der Waals surface area contributed by atoms with Crippen molar-refractivity contribution in [3.8, 4) is 0 Å². The molecule has 9 heteroatoms. The summed E-state index contributed by atoms with van der Waals surface area (Å²) in [5.41, 5.74) is -0.199. The topological polar surface area (TPSA) is 68.5 Å². The Hall–Kier alpha value is -2.42. The van der Waals surface area contributed by atoms with Gasteiger partial charge in [0.25, 0.3) is 0 Å². The molecule has 0 radical (unpaired) electrons. The molecule has 2 heterocycles. The molecule has 0 N–H and O–H groups in total. The number of aromatic nitrogens is 2. The third-order valence-corrected chi connectivity index (χ3v) is 3.67. The summed E-state index contributed by atoms with van der Waals surface area (Å²) >= 11 is 0. The lowest BCUT2D eigenvalue weighted by Gasteiger charge is -2.31. The molecular formula is C15H14F3N3O3. The van der Waals surface area contributed by atoms with E-state index in [0.29, 0.717) is 24.6 Å². The van der Waals surface area contributed by atoms with Gasteiger partial charge in [0.05, 0.1) is 19.6 Å². The molecule has 1 fully saturated rings. The normalized spacial score (nSPS) is 18.0. The molecular weight excluding hydrogens is 327 g/mol. The van der Waals surface area contributed by atoms with Gasteiger partial charge in [0.15, 0.2) is 17.7 Å². The van der Waals surface area contributed by atoms with E-state index in [4.69, 9.17) is 9.15 Å². The van der Waals surface area contributed by atoms with Crippen LogP contribution in [-0.4, -0.2) is 40.7 Å². The lowest BCUT2D eigenvalue weighted by atomic mass is 10.1. The summed E-state index contributed by atoms with van der Waals surface area (Å²) in [5, 5.41) is 7.55. The van der Waals surface area contributed by atoms with Crippen molar-refractivity contribution in [1.29, 1.82) is 0 Å². The number of benzene rings is 1. The van der Waals surface area contributed by atoms with Crippen LogP contribution in [0.3, 0.4) is 0 Å². The molecule has 0 aliphatic carbocycles. The van der Waals surface area contributed by atoms with Crippen LogP contribution in [0.15, 0.2) is 16.5 Å². The van der Waals surface area contributed by atoms with Crippen LogP contribution in [-0.2, 0) is 16.0 Å². The van der Waals surface area contributed by atoms with Gasteiger partial charge in [-0.15, -0.1) is 10.2 Å². The van der Waals surface area contributed by atoms with E-state index in [0.717, 1.165) is 0 Å². The first-order chi connectivity index (χ1) is 11.4. The van der Waals surface area contributed by atoms with E-state index in [1.54, 1.807) is 6.92 Å². The van der Waals surface area contributed by atoms with Crippen molar-refractivity contribution in [2.75, 3.05) is 19.7 Å². The fourth-order valence-electron chi connectivity index (χ4n) is 2.44. The number of carbonyl (C=O) groups excluding carboxylic acids is 1. The molecule has 6 nitrogen and oxygen atoms in total. The Balaban J connectivity index is 1.70. The van der Waals surface area contributed by atoms with Crippen LogP contribution < -0.4 is 0 Å². The van der Waals surface area contributed by atoms with Crippen LogP contribution in [0.2, 0.25) is 0 Å². The first-order valence-electron chi connectivity index (χ1n) is 7.27. The van der Waals surface area contributed by atoms with Crippen molar-refractivity contribution < 1.29 is 27.1 Å². The minimum atomic E-state index is -1.29. The maximum absolute atomic E-state index is 13.7. The molecule has 1 saturated heterocycles. The first kappa shape index (κ1) is 16.4. The quantitative estimate of drug-likeness (QED) is 0.798. The first-order valence-corrected chi connectivity index (χ1v) is 7.27. The predicted octanol–water partition coefficient (Wildman–Crippen LogP) is 1.94. The van der Waals surface area contributed by atoms with Gasteiger partial charge in [0.2, 0.25) is 17.7 Å². The number of morpholine rings is 1. The van der Waals surface area contributed by atoms with Gasteiger partial charge >= 0.3 is 0 Å². The maximum Gasteiger partial charge on any atom is 0.246 e. The summed E-state index contributed by atoms with van der Waals surface area (Å²) in [6.07, 6.45) is -0.947. The van der Waals surface area contributed by atoms with Gasteiger partial charge in [-0.2, -0.15) is 0 Å². The number of rotatable bonds is 3. The second-order valence-electron chi connectivity index (χ2n) is 5.39. The van der Waals surface area contributed by atoms with E-state index in [2.05, 4.69) is 10.2 Å². The van der Waals surface area contributed by atoms with E-state index in [1.807, 2.05) is 0 Å². The van der Waals surface area contributed by atoms with Crippen LogP contribution in [0.5, 0.6) is 0 Å². The molecule has 1 amide bonds. The van der Waals surface area contributed by atoms with Crippen molar-refractivity contribution in [3.63, 3.8) is 0 Å². The third kappa shape index (κ3) is 3.40. The van der Waals surface area contributed by atoms with Gasteiger partial charge in [-0.25, -0.2) is 13.2 Å². The second-order valence-corrected chi connectivity index (χ2v) is 5.39. The highest BCUT2D eigenvalue weighted by molar-refractivity contribution is 5.79. The van der Waals surface area contributed by atoms with Crippen LogP contribution >= 0.6 is 0 Å². The Bertz CT molecular complexity index is 766. The number of hydrogen-bond acceptors (Lipinski definition) is 5. The van der Waals surface area contributed by atoms with Crippen LogP contribution in [0.4, 0.5) is 13.2 Å². The summed E-state index contributed by atoms with van der Waals surface area (Å²) in [6, 6.07) is 1.13. The van der Waals surface area contributed by atoms with Gasteiger partial charge < -0.3 is 14.1 Å². The Labute approximate surface area is 135 Å². The highest BCUT2D eigenvalue weighted by Crippen LogP contribution is 2.22. The van der Waals surface area contributed by atoms with Crippen molar-refractivity contribution in [3.05, 3.63) is 46.9 Å². The van der Waals surface area contributed by atoms with Crippen molar-refractivity contribution in [1.82, 2.24) is 15.1 Å². The summed E-state index contributed by atoms with van der Waals surface area (Å²) in [5.74, 6) is -3.24. The van der Waals surface area contributed by atoms with E-state index in [9.17, 15) is 18.0 Å². The molecule has 2 aromatic rings. The molecule has 1 aliphatic rings. The van der Waals surface area contributed by atoms with Gasteiger partial charge in [-0.05, 0) is 6.07 Å². The van der Waals surface area contributed by atoms with Gasteiger partial charge in [-0.1, -0.05) is 0 Å². The number of ether oxygens (including phenoxy) is 1. The number of amides is 1. The molecule has 3 rings (SSSR count). The summed E-state index contributed by atoms with van der Waals surface area (Å²) in [6.45, 7) is 2.34. The number of carbonyl (C=O) groups is 1. The fraction of sp³-hybridized carbons (Fsp3) is 0.400. The van der Waals surface area contributed by atoms with E-state index < -0.39 is 29.5 Å². The highest BCUT2D eigenvalue weighted by atomic mass is 19.2. The van der Waals surface area contributed by atoms with Gasteiger partial charge in [-0.3, -0.25) is 4.79 Å². The molecule has 128 valence electrons. The summed E-state index contributed by atoms with van der Waals surface area (Å²) in [4.78, 5) is 13.8. The average Bonchev–Trinajstić information content (AvgIpc) is 2.99. The molecule has 1 aromatic carbocycles. The summed E-state index contributed by atoms with van der Waals surface area (Å²) in [7, 11) is 0. The van der Waals surface area contributed by atoms with Crippen LogP contribution in [0, 0.1) is 24.4 Å². The van der Waals surface area contributed by atoms with Crippen molar-refractivity contribution in [2.24, 2.45) is 0 Å². The third-order valence-electron chi connectivity index (χ3n) is 3.67. The highest BCUT2D eigenvalue weighted by Gasteiger charge is 2.29. The molecule has 1 aromatic heterocycles. The zero-order valence-electron chi connectivity index (χ0n) is 12.8. The molecule has 0 bridgehead atoms. The Morgan fingerprint density at radius 3 is 2.71 bits per heavy atom. The predicted molar refractivity (Wildman–Crippen MR) is 74.3 cm³/mol. The van der Waals surface area contributed by atoms with Gasteiger partial charge in [0.1, 0.15) is 5.82 Å². The average molecular weight is 341 g/mol. The molecule has 0 saturated carbocycles. The minimum absolute atomic E-state index is 0.158. The Morgan fingerprint density at radius 1 is 1.25 bits per heavy atom. The van der Waals surface area contributed by atoms with Gasteiger partial charge in [0, 0.05) is 25.1 Å². The molecule has 0 spiro atoms. The molecule has 0 unspecified atom stereocenters. The SMILES string of the molecule is Cc1nnc([C@@H]2CN(C(=O)Cc3cc(F)c(F)cc3F)CCO2)o1. The van der Waals surface area contributed by atoms with Crippen LogP contribution in [0.1, 0.15) is 23.4 Å². The van der Waals surface area contributed by atoms with Crippen LogP contribution in [0.25, 0.3) is 0 Å². The number of nitrogens with zero attached hydrogens (tertiary/aromatic N) is 3. The maximum atomic E-state index is 13.7. The molecule has 24 heavy (non-hydrogen) atoms. The summed E-state index contributed by atoms with van der Waals surface area (Å²) < 4.78 is 50.6. The van der Waals surface area contributed by atoms with E-state index in [-0.39, 0.29) is 31.0 Å². The standard InChI is InChI=1S/C15H14F3N3O3/c1-8-19-20-15(24-8)13-7-21(2-3-23-13)14(22)5-9-4-11(17)12(18)6-10(9)16/h4,6,13H,2-3,5,7H2,1H3/t13-/m0/s1. The zero-order chi connectivity index (χ0) is 17.3. The fourth-order valence-corrected chi connectivity index (χ4v) is 2.44. The van der Waals surface area contributed by atoms with Crippen molar-refractivity contribution in [2.45, 2.75) is 19.4 Å². The molecule has 1 atom stereocenters. The lowest BCUT2D eigenvalue weighted by molar-refractivity contribution is -0.139. The number of aryl methyl sites for hydroxylation is 1. The minimum Gasteiger partial charge on any atom is -0.423 e. The lowest BCUT2D eigenvalue weighted by Crippen LogP contribution is -2.43. The largest absolute Gasteiger partial charge is 0.423 e.